The van der Waals surface area contributed by atoms with Gasteiger partial charge in [0, 0.05) is 14.1 Å². The third kappa shape index (κ3) is 5.46. The van der Waals surface area contributed by atoms with E-state index in [9.17, 15) is 9.18 Å². The van der Waals surface area contributed by atoms with Gasteiger partial charge in [0.1, 0.15) is 29.9 Å². The van der Waals surface area contributed by atoms with Gasteiger partial charge in [0.05, 0.1) is 24.0 Å². The molecule has 1 saturated carbocycles. The van der Waals surface area contributed by atoms with Crippen LogP contribution in [0.3, 0.4) is 0 Å². The summed E-state index contributed by atoms with van der Waals surface area (Å²) in [5, 5.41) is 8.23. The van der Waals surface area contributed by atoms with Gasteiger partial charge in [-0.25, -0.2) is 18.9 Å². The zero-order valence-corrected chi connectivity index (χ0v) is 18.1. The number of hydrogen-bond donors (Lipinski definition) is 0. The van der Waals surface area contributed by atoms with Crippen LogP contribution in [0.25, 0.3) is 11.4 Å². The van der Waals surface area contributed by atoms with Crippen molar-refractivity contribution in [3.8, 4) is 17.1 Å². The Balaban J connectivity index is 1.70. The summed E-state index contributed by atoms with van der Waals surface area (Å²) in [7, 11) is 3.22. The van der Waals surface area contributed by atoms with E-state index < -0.39 is 12.3 Å². The number of ether oxygens (including phenoxy) is 2. The van der Waals surface area contributed by atoms with Gasteiger partial charge in [0.2, 0.25) is 0 Å². The Morgan fingerprint density at radius 3 is 2.73 bits per heavy atom. The van der Waals surface area contributed by atoms with E-state index in [2.05, 4.69) is 15.3 Å². The quantitative estimate of drug-likeness (QED) is 0.678. The van der Waals surface area contributed by atoms with E-state index in [4.69, 9.17) is 9.47 Å². The van der Waals surface area contributed by atoms with Crippen molar-refractivity contribution in [2.24, 2.45) is 7.05 Å². The van der Waals surface area contributed by atoms with E-state index in [1.807, 2.05) is 19.1 Å². The molecule has 0 radical (unpaired) electrons. The Morgan fingerprint density at radius 2 is 2.07 bits per heavy atom. The van der Waals surface area contributed by atoms with Crippen LogP contribution in [0.5, 0.6) is 5.75 Å². The molecule has 30 heavy (non-hydrogen) atoms. The number of carbonyl (C=O) groups excluding carboxylic acids is 1. The summed E-state index contributed by atoms with van der Waals surface area (Å²) in [4.78, 5) is 17.9. The maximum Gasteiger partial charge on any atom is 0.409 e. The van der Waals surface area contributed by atoms with E-state index in [1.165, 1.54) is 38.1 Å². The van der Waals surface area contributed by atoms with Crippen molar-refractivity contribution in [3.05, 3.63) is 23.5 Å². The van der Waals surface area contributed by atoms with Crippen molar-refractivity contribution in [1.82, 2.24) is 24.9 Å². The lowest BCUT2D eigenvalue weighted by Gasteiger charge is -2.23. The Hall–Kier alpha value is -2.71. The Bertz CT molecular complexity index is 864. The van der Waals surface area contributed by atoms with Gasteiger partial charge in [0.15, 0.2) is 0 Å². The number of pyridine rings is 1. The number of rotatable bonds is 7. The molecule has 8 nitrogen and oxygen atoms in total. The number of alkyl halides is 1. The monoisotopic (exact) mass is 419 g/mol. The Kier molecular flexibility index (Phi) is 7.23. The maximum atomic E-state index is 13.1. The molecular formula is C21H30FN5O3. The fraction of sp³-hybridized carbons (Fsp3) is 0.619. The van der Waals surface area contributed by atoms with Gasteiger partial charge in [-0.15, -0.1) is 5.10 Å². The van der Waals surface area contributed by atoms with Gasteiger partial charge in [-0.05, 0) is 51.7 Å². The molecule has 0 spiro atoms. The zero-order valence-electron chi connectivity index (χ0n) is 18.1. The predicted octanol–water partition coefficient (Wildman–Crippen LogP) is 3.82. The number of halogens is 1. The summed E-state index contributed by atoms with van der Waals surface area (Å²) in [6.07, 6.45) is 4.36. The van der Waals surface area contributed by atoms with Crippen molar-refractivity contribution >= 4 is 6.09 Å². The lowest BCUT2D eigenvalue weighted by molar-refractivity contribution is 0.0950. The minimum atomic E-state index is -1.13. The molecule has 1 fully saturated rings. The highest BCUT2D eigenvalue weighted by atomic mass is 19.1. The SMILES string of the molecule is Cc1nc(-c2nnn(C)c2COC(=O)N(C)CC(C)F)ccc1OC1CCCCC1. The van der Waals surface area contributed by atoms with Gasteiger partial charge >= 0.3 is 6.09 Å². The lowest BCUT2D eigenvalue weighted by Crippen LogP contribution is -2.32. The van der Waals surface area contributed by atoms with Crippen LogP contribution in [-0.2, 0) is 18.4 Å². The third-order valence-corrected chi connectivity index (χ3v) is 5.24. The normalized spacial score (nSPS) is 15.6. The lowest BCUT2D eigenvalue weighted by atomic mass is 9.98. The molecule has 3 rings (SSSR count). The van der Waals surface area contributed by atoms with Crippen molar-refractivity contribution in [2.45, 2.75) is 64.8 Å². The first-order valence-electron chi connectivity index (χ1n) is 10.4. The molecule has 2 aromatic rings. The van der Waals surface area contributed by atoms with Crippen LogP contribution in [0.1, 0.15) is 50.4 Å². The largest absolute Gasteiger partial charge is 0.489 e. The fourth-order valence-corrected chi connectivity index (χ4v) is 3.60. The number of hydrogen-bond acceptors (Lipinski definition) is 6. The molecule has 0 N–H and O–H groups in total. The standard InChI is InChI=1S/C21H30FN5O3/c1-14(22)12-26(3)21(28)29-13-18-20(24-25-27(18)4)17-10-11-19(15(2)23-17)30-16-8-6-5-7-9-16/h10-11,14,16H,5-9,12-13H2,1-4H3. The fourth-order valence-electron chi connectivity index (χ4n) is 3.60. The molecule has 1 amide bonds. The van der Waals surface area contributed by atoms with Crippen molar-refractivity contribution in [3.63, 3.8) is 0 Å². The van der Waals surface area contributed by atoms with Gasteiger partial charge in [-0.1, -0.05) is 11.6 Å². The van der Waals surface area contributed by atoms with Crippen molar-refractivity contribution in [1.29, 1.82) is 0 Å². The second kappa shape index (κ2) is 9.86. The summed E-state index contributed by atoms with van der Waals surface area (Å²) in [5.41, 5.74) is 2.56. The average Bonchev–Trinajstić information content (AvgIpc) is 3.08. The molecule has 0 saturated heterocycles. The highest BCUT2D eigenvalue weighted by Gasteiger charge is 2.20. The number of nitrogens with zero attached hydrogens (tertiary/aromatic N) is 5. The highest BCUT2D eigenvalue weighted by molar-refractivity contribution is 5.67. The van der Waals surface area contributed by atoms with E-state index in [0.29, 0.717) is 17.1 Å². The first-order chi connectivity index (χ1) is 14.3. The van der Waals surface area contributed by atoms with Gasteiger partial charge in [-0.2, -0.15) is 0 Å². The molecule has 0 aromatic carbocycles. The first kappa shape index (κ1) is 22.0. The molecular weight excluding hydrogens is 389 g/mol. The van der Waals surface area contributed by atoms with Crippen LogP contribution in [0.4, 0.5) is 9.18 Å². The molecule has 1 atom stereocenters. The van der Waals surface area contributed by atoms with Gasteiger partial charge < -0.3 is 14.4 Å². The van der Waals surface area contributed by atoms with Crippen LogP contribution >= 0.6 is 0 Å². The summed E-state index contributed by atoms with van der Waals surface area (Å²) in [6, 6.07) is 3.75. The van der Waals surface area contributed by atoms with Gasteiger partial charge in [-0.3, -0.25) is 0 Å². The minimum absolute atomic E-state index is 0.0292. The van der Waals surface area contributed by atoms with Crippen molar-refractivity contribution in [2.75, 3.05) is 13.6 Å². The summed E-state index contributed by atoms with van der Waals surface area (Å²) < 4.78 is 26.1. The molecule has 0 bridgehead atoms. The van der Waals surface area contributed by atoms with Crippen LogP contribution in [0, 0.1) is 6.92 Å². The van der Waals surface area contributed by atoms with Crippen LogP contribution in [-0.4, -0.2) is 56.8 Å². The highest BCUT2D eigenvalue weighted by Crippen LogP contribution is 2.28. The Morgan fingerprint density at radius 1 is 1.33 bits per heavy atom. The second-order valence-corrected chi connectivity index (χ2v) is 7.88. The second-order valence-electron chi connectivity index (χ2n) is 7.88. The number of aromatic nitrogens is 4. The van der Waals surface area contributed by atoms with E-state index in [-0.39, 0.29) is 19.3 Å². The van der Waals surface area contributed by atoms with E-state index in [0.717, 1.165) is 24.3 Å². The molecule has 9 heteroatoms. The van der Waals surface area contributed by atoms with Crippen LogP contribution in [0.15, 0.2) is 12.1 Å². The average molecular weight is 420 g/mol. The third-order valence-electron chi connectivity index (χ3n) is 5.24. The molecule has 164 valence electrons. The Labute approximate surface area is 176 Å². The molecule has 1 aliphatic rings. The van der Waals surface area contributed by atoms with E-state index in [1.54, 1.807) is 11.7 Å². The summed E-state index contributed by atoms with van der Waals surface area (Å²) in [5.74, 6) is 0.782. The number of carbonyl (C=O) groups is 1. The van der Waals surface area contributed by atoms with Crippen LogP contribution < -0.4 is 4.74 Å². The topological polar surface area (TPSA) is 82.4 Å². The maximum absolute atomic E-state index is 13.1. The van der Waals surface area contributed by atoms with Crippen molar-refractivity contribution < 1.29 is 18.7 Å². The van der Waals surface area contributed by atoms with Crippen LogP contribution in [0.2, 0.25) is 0 Å². The smallest absolute Gasteiger partial charge is 0.409 e. The zero-order chi connectivity index (χ0) is 21.7. The number of aryl methyl sites for hydroxylation is 2. The number of amides is 1. The molecule has 0 aliphatic heterocycles. The molecule has 2 heterocycles. The minimum Gasteiger partial charge on any atom is -0.489 e. The molecule has 1 aliphatic carbocycles. The molecule has 1 unspecified atom stereocenters. The van der Waals surface area contributed by atoms with E-state index >= 15 is 0 Å². The first-order valence-corrected chi connectivity index (χ1v) is 10.4. The van der Waals surface area contributed by atoms with Gasteiger partial charge in [0.25, 0.3) is 0 Å². The summed E-state index contributed by atoms with van der Waals surface area (Å²) >= 11 is 0. The summed E-state index contributed by atoms with van der Waals surface area (Å²) in [6.45, 7) is 3.23. The predicted molar refractivity (Wildman–Crippen MR) is 110 cm³/mol. The molecule has 2 aromatic heterocycles.